The van der Waals surface area contributed by atoms with E-state index >= 15 is 0 Å². The van der Waals surface area contributed by atoms with Crippen LogP contribution in [0.2, 0.25) is 0 Å². The van der Waals surface area contributed by atoms with E-state index in [1.165, 1.54) is 6.07 Å². The molecule has 1 aliphatic rings. The fourth-order valence-corrected chi connectivity index (χ4v) is 2.86. The lowest BCUT2D eigenvalue weighted by Gasteiger charge is -2.25. The van der Waals surface area contributed by atoms with Gasteiger partial charge in [0.1, 0.15) is 5.82 Å². The molecule has 1 amide bonds. The van der Waals surface area contributed by atoms with E-state index in [0.717, 1.165) is 6.42 Å². The van der Waals surface area contributed by atoms with Crippen molar-refractivity contribution in [1.82, 2.24) is 4.90 Å². The molecule has 0 aliphatic carbocycles. The van der Waals surface area contributed by atoms with Gasteiger partial charge in [-0.3, -0.25) is 4.79 Å². The van der Waals surface area contributed by atoms with Crippen LogP contribution in [0.25, 0.3) is 0 Å². The van der Waals surface area contributed by atoms with Crippen molar-refractivity contribution in [2.45, 2.75) is 45.2 Å². The van der Waals surface area contributed by atoms with Gasteiger partial charge in [0.2, 0.25) is 5.91 Å². The molecule has 2 rings (SSSR count). The minimum atomic E-state index is -0.225. The van der Waals surface area contributed by atoms with E-state index in [2.05, 4.69) is 6.92 Å². The molecule has 0 spiro atoms. The Bertz CT molecular complexity index is 481. The highest BCUT2D eigenvalue weighted by Crippen LogP contribution is 2.36. The molecule has 0 saturated carbocycles. The predicted molar refractivity (Wildman–Crippen MR) is 84.8 cm³/mol. The highest BCUT2D eigenvalue weighted by molar-refractivity contribution is 5.85. The molecule has 1 heterocycles. The van der Waals surface area contributed by atoms with Crippen LogP contribution in [0.3, 0.4) is 0 Å². The van der Waals surface area contributed by atoms with Crippen molar-refractivity contribution < 1.29 is 9.18 Å². The first-order valence-corrected chi connectivity index (χ1v) is 7.28. The summed E-state index contributed by atoms with van der Waals surface area (Å²) in [5, 5.41) is 0. The van der Waals surface area contributed by atoms with Crippen LogP contribution >= 0.6 is 12.4 Å². The summed E-state index contributed by atoms with van der Waals surface area (Å²) >= 11 is 0. The molecule has 2 N–H and O–H groups in total. The van der Waals surface area contributed by atoms with E-state index in [1.54, 1.807) is 12.1 Å². The molecule has 1 fully saturated rings. The molecule has 21 heavy (non-hydrogen) atoms. The van der Waals surface area contributed by atoms with E-state index in [0.29, 0.717) is 30.9 Å². The fraction of sp³-hybridized carbons (Fsp3) is 0.562. The zero-order valence-corrected chi connectivity index (χ0v) is 13.4. The van der Waals surface area contributed by atoms with Crippen molar-refractivity contribution in [3.8, 4) is 0 Å². The van der Waals surface area contributed by atoms with Crippen LogP contribution in [0, 0.1) is 11.7 Å². The minimum Gasteiger partial charge on any atom is -0.335 e. The van der Waals surface area contributed by atoms with Crippen molar-refractivity contribution in [1.29, 1.82) is 0 Å². The maximum absolute atomic E-state index is 14.0. The summed E-state index contributed by atoms with van der Waals surface area (Å²) in [4.78, 5) is 14.2. The Labute approximate surface area is 132 Å². The molecule has 3 unspecified atom stereocenters. The lowest BCUT2D eigenvalue weighted by atomic mass is 10.0. The molecule has 1 saturated heterocycles. The van der Waals surface area contributed by atoms with E-state index in [4.69, 9.17) is 5.73 Å². The largest absolute Gasteiger partial charge is 0.335 e. The molecule has 1 aromatic rings. The van der Waals surface area contributed by atoms with Crippen molar-refractivity contribution in [2.75, 3.05) is 6.54 Å². The van der Waals surface area contributed by atoms with Gasteiger partial charge in [-0.05, 0) is 31.7 Å². The summed E-state index contributed by atoms with van der Waals surface area (Å²) in [5.74, 6) is 0.260. The van der Waals surface area contributed by atoms with Crippen LogP contribution in [-0.4, -0.2) is 23.4 Å². The van der Waals surface area contributed by atoms with Crippen LogP contribution in [0.15, 0.2) is 24.3 Å². The lowest BCUT2D eigenvalue weighted by molar-refractivity contribution is -0.132. The topological polar surface area (TPSA) is 46.3 Å². The number of carbonyl (C=O) groups excluding carboxylic acids is 1. The Morgan fingerprint density at radius 2 is 2.14 bits per heavy atom. The average Bonchev–Trinajstić information content (AvgIpc) is 2.78. The highest BCUT2D eigenvalue weighted by atomic mass is 35.5. The number of nitrogens with two attached hydrogens (primary N) is 1. The van der Waals surface area contributed by atoms with E-state index in [1.807, 2.05) is 17.9 Å². The number of rotatable bonds is 4. The van der Waals surface area contributed by atoms with Crippen LogP contribution in [0.4, 0.5) is 4.39 Å². The molecule has 0 aromatic heterocycles. The second-order valence-corrected chi connectivity index (χ2v) is 5.94. The first kappa shape index (κ1) is 17.9. The zero-order chi connectivity index (χ0) is 14.7. The first-order chi connectivity index (χ1) is 9.49. The van der Waals surface area contributed by atoms with E-state index in [9.17, 15) is 9.18 Å². The minimum absolute atomic E-state index is 0. The number of likely N-dealkylation sites (tertiary alicyclic amines) is 1. The number of hydrogen-bond acceptors (Lipinski definition) is 2. The second-order valence-electron chi connectivity index (χ2n) is 5.94. The van der Waals surface area contributed by atoms with Crippen LogP contribution in [-0.2, 0) is 4.79 Å². The van der Waals surface area contributed by atoms with Gasteiger partial charge in [0.15, 0.2) is 0 Å². The van der Waals surface area contributed by atoms with Gasteiger partial charge >= 0.3 is 0 Å². The van der Waals surface area contributed by atoms with Gasteiger partial charge in [-0.15, -0.1) is 12.4 Å². The molecule has 1 aliphatic heterocycles. The number of nitrogens with zero attached hydrogens (tertiary/aromatic N) is 1. The summed E-state index contributed by atoms with van der Waals surface area (Å²) in [6.07, 6.45) is 1.94. The second kappa shape index (κ2) is 7.76. The van der Waals surface area contributed by atoms with Crippen LogP contribution in [0.5, 0.6) is 0 Å². The monoisotopic (exact) mass is 314 g/mol. The molecule has 5 heteroatoms. The third-order valence-electron chi connectivity index (χ3n) is 3.91. The molecular weight excluding hydrogens is 291 g/mol. The van der Waals surface area contributed by atoms with Crippen molar-refractivity contribution in [2.24, 2.45) is 11.7 Å². The SMILES string of the molecule is CC(N)CCC(=O)N1CC(C)CC1c1ccccc1F.Cl. The Morgan fingerprint density at radius 3 is 2.76 bits per heavy atom. The summed E-state index contributed by atoms with van der Waals surface area (Å²) < 4.78 is 14.0. The normalized spacial score (nSPS) is 22.8. The number of carbonyl (C=O) groups is 1. The lowest BCUT2D eigenvalue weighted by Crippen LogP contribution is -2.32. The van der Waals surface area contributed by atoms with Gasteiger partial charge in [0.05, 0.1) is 6.04 Å². The van der Waals surface area contributed by atoms with Gasteiger partial charge in [0, 0.05) is 24.6 Å². The van der Waals surface area contributed by atoms with Gasteiger partial charge in [-0.2, -0.15) is 0 Å². The van der Waals surface area contributed by atoms with Gasteiger partial charge in [0.25, 0.3) is 0 Å². The number of benzene rings is 1. The summed E-state index contributed by atoms with van der Waals surface area (Å²) in [5.41, 5.74) is 6.34. The Morgan fingerprint density at radius 1 is 1.48 bits per heavy atom. The molecule has 1 aromatic carbocycles. The fourth-order valence-electron chi connectivity index (χ4n) is 2.86. The smallest absolute Gasteiger partial charge is 0.223 e. The molecule has 3 nitrogen and oxygen atoms in total. The van der Waals surface area contributed by atoms with Gasteiger partial charge in [-0.1, -0.05) is 25.1 Å². The van der Waals surface area contributed by atoms with E-state index < -0.39 is 0 Å². The molecule has 3 atom stereocenters. The van der Waals surface area contributed by atoms with Crippen molar-refractivity contribution in [3.05, 3.63) is 35.6 Å². The van der Waals surface area contributed by atoms with E-state index in [-0.39, 0.29) is 36.2 Å². The quantitative estimate of drug-likeness (QED) is 0.927. The van der Waals surface area contributed by atoms with Crippen molar-refractivity contribution in [3.63, 3.8) is 0 Å². The molecular formula is C16H24ClFN2O. The third kappa shape index (κ3) is 4.42. The Hall–Kier alpha value is -1.13. The van der Waals surface area contributed by atoms with Crippen LogP contribution < -0.4 is 5.73 Å². The van der Waals surface area contributed by atoms with Gasteiger partial charge < -0.3 is 10.6 Å². The Balaban J connectivity index is 0.00000220. The molecule has 0 bridgehead atoms. The standard InChI is InChI=1S/C16H23FN2O.ClH/c1-11-9-15(13-5-3-4-6-14(13)17)19(10-11)16(20)8-7-12(2)18;/h3-6,11-12,15H,7-10,18H2,1-2H3;1H. The Kier molecular flexibility index (Phi) is 6.62. The maximum atomic E-state index is 14.0. The summed E-state index contributed by atoms with van der Waals surface area (Å²) in [7, 11) is 0. The highest BCUT2D eigenvalue weighted by Gasteiger charge is 2.34. The van der Waals surface area contributed by atoms with Crippen LogP contribution in [0.1, 0.15) is 44.7 Å². The average molecular weight is 315 g/mol. The summed E-state index contributed by atoms with van der Waals surface area (Å²) in [6.45, 7) is 4.71. The number of hydrogen-bond donors (Lipinski definition) is 1. The van der Waals surface area contributed by atoms with Crippen molar-refractivity contribution >= 4 is 18.3 Å². The maximum Gasteiger partial charge on any atom is 0.223 e. The first-order valence-electron chi connectivity index (χ1n) is 7.28. The van der Waals surface area contributed by atoms with Gasteiger partial charge in [-0.25, -0.2) is 4.39 Å². The predicted octanol–water partition coefficient (Wildman–Crippen LogP) is 3.28. The number of halogens is 2. The zero-order valence-electron chi connectivity index (χ0n) is 12.6. The summed E-state index contributed by atoms with van der Waals surface area (Å²) in [6, 6.07) is 6.64. The molecule has 118 valence electrons. The number of amides is 1. The third-order valence-corrected chi connectivity index (χ3v) is 3.91. The molecule has 0 radical (unpaired) electrons.